The van der Waals surface area contributed by atoms with Gasteiger partial charge in [-0.25, -0.2) is 0 Å². The minimum Gasteiger partial charge on any atom is -0.550 e. The summed E-state index contributed by atoms with van der Waals surface area (Å²) in [6.07, 6.45) is 95.3. The summed E-state index contributed by atoms with van der Waals surface area (Å²) in [4.78, 5) is 41.0. The van der Waals surface area contributed by atoms with Crippen LogP contribution in [0.2, 0.25) is 0 Å². The fourth-order valence-electron chi connectivity index (χ4n) is 10.8. The zero-order valence-corrected chi connectivity index (χ0v) is 62.5. The molecule has 0 unspecified atom stereocenters. The van der Waals surface area contributed by atoms with Crippen LogP contribution in [0.3, 0.4) is 0 Å². The van der Waals surface area contributed by atoms with E-state index in [1.54, 1.807) is 0 Å². The number of rotatable bonds is 68. The fraction of sp³-hybridized carbons (Fsp3) is 0.850. The Balaban J connectivity index is -0.000000351. The number of carbonyl (C=O) groups excluding carboxylic acids is 4. The summed E-state index contributed by atoms with van der Waals surface area (Å²) in [6.45, 7) is 9.06. The van der Waals surface area contributed by atoms with Gasteiger partial charge in [0.15, 0.2) is 0 Å². The van der Waals surface area contributed by atoms with E-state index in [2.05, 4.69) is 76.3 Å². The van der Waals surface area contributed by atoms with Gasteiger partial charge in [-0.3, -0.25) is 0 Å². The van der Waals surface area contributed by atoms with Crippen molar-refractivity contribution in [1.29, 1.82) is 0 Å². The quantitative estimate of drug-likeness (QED) is 0.0430. The average Bonchev–Trinajstić information content (AvgIpc) is 3.50. The van der Waals surface area contributed by atoms with Gasteiger partial charge in [0.2, 0.25) is 0 Å². The van der Waals surface area contributed by atoms with Crippen molar-refractivity contribution in [3.8, 4) is 0 Å². The maximum Gasteiger partial charge on any atom is 0.0414 e. The summed E-state index contributed by atoms with van der Waals surface area (Å²) in [6, 6.07) is 0. The second kappa shape index (κ2) is 91.9. The van der Waals surface area contributed by atoms with Gasteiger partial charge in [0.1, 0.15) is 0 Å². The molecule has 89 heavy (non-hydrogen) atoms. The third kappa shape index (κ3) is 110. The van der Waals surface area contributed by atoms with E-state index >= 15 is 0 Å². The third-order valence-corrected chi connectivity index (χ3v) is 16.6. The van der Waals surface area contributed by atoms with E-state index in [4.69, 9.17) is 0 Å². The van der Waals surface area contributed by atoms with Crippen LogP contribution < -0.4 is 20.4 Å². The molecule has 0 amide bonds. The van der Waals surface area contributed by atoms with Gasteiger partial charge in [-0.2, -0.15) is 0 Å². The number of aliphatic carboxylic acids is 4. The number of unbranched alkanes of at least 4 members (excludes halogenated alkanes) is 52. The predicted molar refractivity (Wildman–Crippen MR) is 375 cm³/mol. The Morgan fingerprint density at radius 1 is 0.180 bits per heavy atom. The van der Waals surface area contributed by atoms with Crippen LogP contribution in [-0.4, -0.2) is 23.9 Å². The van der Waals surface area contributed by atoms with E-state index in [0.717, 1.165) is 51.4 Å². The molecule has 0 bridgehead atoms. The van der Waals surface area contributed by atoms with Crippen LogP contribution in [0.4, 0.5) is 0 Å². The maximum atomic E-state index is 10.2. The van der Waals surface area contributed by atoms with Crippen LogP contribution in [0.1, 0.15) is 439 Å². The number of carbonyl (C=O) groups is 4. The standard InChI is InChI=1S/4C20H38O2.W/c4*1-2-3-4-5-6-7-8-9-10-11-12-13-14-15-16-17-18-19-20(21)22;/h4*9-10H,2-8,11-19H2,1H3,(H,21,22);/p-4/b4*10-9-;. The monoisotopic (exact) mass is 1420 g/mol. The number of carboxylic acid groups (broad SMARTS) is 4. The fourth-order valence-corrected chi connectivity index (χ4v) is 10.8. The van der Waals surface area contributed by atoms with Crippen molar-refractivity contribution in [2.24, 2.45) is 0 Å². The molecule has 0 fully saturated rings. The molecular weight excluding hydrogens is 1270 g/mol. The third-order valence-electron chi connectivity index (χ3n) is 16.6. The molecule has 0 aromatic carbocycles. The molecular formula is C80H148O8W-4. The number of carboxylic acids is 4. The van der Waals surface area contributed by atoms with E-state index in [0.29, 0.717) is 0 Å². The second-order valence-electron chi connectivity index (χ2n) is 25.7. The Labute approximate surface area is 568 Å². The van der Waals surface area contributed by atoms with Gasteiger partial charge in [0.05, 0.1) is 0 Å². The first kappa shape index (κ1) is 95.2. The number of hydrogen-bond acceptors (Lipinski definition) is 8. The molecule has 0 spiro atoms. The van der Waals surface area contributed by atoms with Gasteiger partial charge < -0.3 is 39.6 Å². The van der Waals surface area contributed by atoms with Crippen molar-refractivity contribution in [1.82, 2.24) is 0 Å². The van der Waals surface area contributed by atoms with Crippen LogP contribution in [-0.2, 0) is 40.2 Å². The predicted octanol–water partition coefficient (Wildman–Crippen LogP) is 22.2. The molecule has 8 nitrogen and oxygen atoms in total. The summed E-state index contributed by atoms with van der Waals surface area (Å²) in [7, 11) is 0. The molecule has 0 heterocycles. The summed E-state index contributed by atoms with van der Waals surface area (Å²) in [5, 5.41) is 41.0. The molecule has 0 aliphatic carbocycles. The van der Waals surface area contributed by atoms with Gasteiger partial charge >= 0.3 is 0 Å². The molecule has 0 atom stereocenters. The largest absolute Gasteiger partial charge is 0.550 e. The molecule has 0 saturated heterocycles. The zero-order valence-electron chi connectivity index (χ0n) is 59.5. The Bertz CT molecular complexity index is 1260. The van der Waals surface area contributed by atoms with Crippen molar-refractivity contribution in [3.63, 3.8) is 0 Å². The average molecular weight is 1420 g/mol. The molecule has 0 rings (SSSR count). The number of allylic oxidation sites excluding steroid dienone is 8. The number of hydrogen-bond donors (Lipinski definition) is 0. The molecule has 526 valence electrons. The van der Waals surface area contributed by atoms with Gasteiger partial charge in [0, 0.05) is 44.9 Å². The molecule has 0 radical (unpaired) electrons. The van der Waals surface area contributed by atoms with Crippen molar-refractivity contribution in [2.45, 2.75) is 439 Å². The first-order valence-electron chi connectivity index (χ1n) is 38.5. The Hall–Kier alpha value is -2.47. The second-order valence-corrected chi connectivity index (χ2v) is 25.7. The van der Waals surface area contributed by atoms with E-state index in [-0.39, 0.29) is 46.7 Å². The van der Waals surface area contributed by atoms with E-state index < -0.39 is 23.9 Å². The molecule has 0 saturated carbocycles. The van der Waals surface area contributed by atoms with Crippen LogP contribution in [0.25, 0.3) is 0 Å². The van der Waals surface area contributed by atoms with E-state index in [1.165, 1.54) is 334 Å². The van der Waals surface area contributed by atoms with Crippen LogP contribution in [0.15, 0.2) is 48.6 Å². The van der Waals surface area contributed by atoms with Crippen molar-refractivity contribution in [3.05, 3.63) is 48.6 Å². The van der Waals surface area contributed by atoms with E-state index in [9.17, 15) is 39.6 Å². The Morgan fingerprint density at radius 2 is 0.281 bits per heavy atom. The van der Waals surface area contributed by atoms with Crippen LogP contribution in [0.5, 0.6) is 0 Å². The first-order valence-corrected chi connectivity index (χ1v) is 38.5. The minimum absolute atomic E-state index is 0. The summed E-state index contributed by atoms with van der Waals surface area (Å²) in [5.41, 5.74) is 0. The van der Waals surface area contributed by atoms with Gasteiger partial charge in [0.25, 0.3) is 0 Å². The Kier molecular flexibility index (Phi) is 98.4. The zero-order chi connectivity index (χ0) is 65.2. The molecule has 0 aliphatic rings. The first-order chi connectivity index (χ1) is 43.1. The normalized spacial score (nSPS) is 11.2. The smallest absolute Gasteiger partial charge is 0.0414 e. The summed E-state index contributed by atoms with van der Waals surface area (Å²) in [5.74, 6) is -3.64. The molecule has 0 aromatic heterocycles. The van der Waals surface area contributed by atoms with Crippen LogP contribution in [0, 0.1) is 0 Å². The van der Waals surface area contributed by atoms with Gasteiger partial charge in [-0.05, 0) is 154 Å². The van der Waals surface area contributed by atoms with E-state index in [1.807, 2.05) is 0 Å². The van der Waals surface area contributed by atoms with Crippen molar-refractivity contribution in [2.75, 3.05) is 0 Å². The van der Waals surface area contributed by atoms with Crippen molar-refractivity contribution >= 4 is 23.9 Å². The van der Waals surface area contributed by atoms with Gasteiger partial charge in [-0.1, -0.05) is 333 Å². The minimum atomic E-state index is -0.909. The van der Waals surface area contributed by atoms with Crippen molar-refractivity contribution < 1.29 is 60.7 Å². The summed E-state index contributed by atoms with van der Waals surface area (Å²) < 4.78 is 0. The van der Waals surface area contributed by atoms with Gasteiger partial charge in [-0.15, -0.1) is 0 Å². The Morgan fingerprint density at radius 3 is 0.393 bits per heavy atom. The SMILES string of the molecule is CCCCCCCC/C=C\CCCCCCCCCC(=O)[O-].CCCCCCCC/C=C\CCCCCCCCCC(=O)[O-].CCCCCCCC/C=C\CCCCCCCCCC(=O)[O-].CCCCCCCC/C=C\CCCCCCCCCC(=O)[O-].[W]. The molecule has 0 aromatic rings. The maximum absolute atomic E-state index is 10.2. The topological polar surface area (TPSA) is 161 Å². The summed E-state index contributed by atoms with van der Waals surface area (Å²) >= 11 is 0. The molecule has 0 N–H and O–H groups in total. The molecule has 0 aliphatic heterocycles. The molecule has 9 heteroatoms. The van der Waals surface area contributed by atoms with Crippen LogP contribution >= 0.6 is 0 Å².